The van der Waals surface area contributed by atoms with Gasteiger partial charge in [-0.3, -0.25) is 9.69 Å². The summed E-state index contributed by atoms with van der Waals surface area (Å²) >= 11 is 20.0. The third kappa shape index (κ3) is 5.97. The summed E-state index contributed by atoms with van der Waals surface area (Å²) in [7, 11) is 0. The molecule has 0 atom stereocenters. The smallest absolute Gasteiger partial charge is 0.266 e. The summed E-state index contributed by atoms with van der Waals surface area (Å²) in [5.41, 5.74) is 2.42. The lowest BCUT2D eigenvalue weighted by molar-refractivity contribution is -0.122. The van der Waals surface area contributed by atoms with Gasteiger partial charge in [0, 0.05) is 22.2 Å². The third-order valence-corrected chi connectivity index (χ3v) is 6.90. The van der Waals surface area contributed by atoms with E-state index in [9.17, 15) is 4.79 Å². The number of thioether (sulfide) groups is 1. The Morgan fingerprint density at radius 3 is 2.47 bits per heavy atom. The van der Waals surface area contributed by atoms with Gasteiger partial charge in [0.15, 0.2) is 5.17 Å². The van der Waals surface area contributed by atoms with Crippen LogP contribution in [0.5, 0.6) is 5.75 Å². The van der Waals surface area contributed by atoms with E-state index in [1.165, 1.54) is 11.8 Å². The minimum atomic E-state index is -0.0743. The number of amidine groups is 1. The molecule has 1 fully saturated rings. The van der Waals surface area contributed by atoms with Crippen LogP contribution in [0.2, 0.25) is 15.1 Å². The Balaban J connectivity index is 1.53. The molecule has 1 saturated heterocycles. The van der Waals surface area contributed by atoms with Gasteiger partial charge >= 0.3 is 0 Å². The first-order chi connectivity index (χ1) is 16.4. The predicted octanol–water partition coefficient (Wildman–Crippen LogP) is 8.24. The van der Waals surface area contributed by atoms with Crippen molar-refractivity contribution in [2.45, 2.75) is 20.0 Å². The van der Waals surface area contributed by atoms with Gasteiger partial charge in [0.05, 0.1) is 15.6 Å². The summed E-state index contributed by atoms with van der Waals surface area (Å²) in [5, 5.41) is 2.38. The van der Waals surface area contributed by atoms with Gasteiger partial charge in [-0.25, -0.2) is 4.99 Å². The fraction of sp³-hybridized carbons (Fsp3) is 0.154. The zero-order chi connectivity index (χ0) is 24.1. The standard InChI is InChI=1S/C26H21Cl3N2O2S/c1-2-13-31-25(32)24(34-26(31)30-20-10-8-19(27)9-11-20)15-17-7-12-23(22(29)14-17)33-16-18-5-3-4-6-21(18)28/h3-12,14-15H,2,13,16H2,1H3/b24-15-,30-26?. The first kappa shape index (κ1) is 24.7. The van der Waals surface area contributed by atoms with E-state index in [1.54, 1.807) is 29.2 Å². The molecule has 0 aliphatic carbocycles. The fourth-order valence-corrected chi connectivity index (χ4v) is 4.87. The molecule has 174 valence electrons. The first-order valence-electron chi connectivity index (χ1n) is 10.7. The molecular formula is C26H21Cl3N2O2S. The molecule has 1 amide bonds. The Hall–Kier alpha value is -2.44. The topological polar surface area (TPSA) is 41.9 Å². The summed E-state index contributed by atoms with van der Waals surface area (Å²) < 4.78 is 5.84. The maximum absolute atomic E-state index is 13.1. The highest BCUT2D eigenvalue weighted by Gasteiger charge is 2.32. The lowest BCUT2D eigenvalue weighted by Gasteiger charge is -2.13. The van der Waals surface area contributed by atoms with E-state index < -0.39 is 0 Å². The molecule has 1 aliphatic heterocycles. The predicted molar refractivity (Wildman–Crippen MR) is 143 cm³/mol. The Morgan fingerprint density at radius 1 is 1.00 bits per heavy atom. The van der Waals surface area contributed by atoms with Gasteiger partial charge in [0.2, 0.25) is 0 Å². The van der Waals surface area contributed by atoms with Crippen LogP contribution in [-0.2, 0) is 11.4 Å². The molecule has 4 rings (SSSR count). The van der Waals surface area contributed by atoms with Gasteiger partial charge in [0.25, 0.3) is 5.91 Å². The number of carbonyl (C=O) groups is 1. The van der Waals surface area contributed by atoms with Gasteiger partial charge in [-0.1, -0.05) is 66.0 Å². The van der Waals surface area contributed by atoms with Crippen LogP contribution < -0.4 is 4.74 Å². The van der Waals surface area contributed by atoms with Gasteiger partial charge in [-0.2, -0.15) is 0 Å². The van der Waals surface area contributed by atoms with Crippen LogP contribution in [0.3, 0.4) is 0 Å². The van der Waals surface area contributed by atoms with Crippen molar-refractivity contribution in [2.24, 2.45) is 4.99 Å². The minimum Gasteiger partial charge on any atom is -0.487 e. The lowest BCUT2D eigenvalue weighted by Crippen LogP contribution is -2.29. The molecule has 3 aromatic rings. The van der Waals surface area contributed by atoms with E-state index >= 15 is 0 Å². The number of hydrogen-bond acceptors (Lipinski definition) is 4. The Morgan fingerprint density at radius 2 is 1.76 bits per heavy atom. The molecule has 3 aromatic carbocycles. The maximum atomic E-state index is 13.1. The number of ether oxygens (including phenoxy) is 1. The second kappa shape index (κ2) is 11.3. The number of amides is 1. The second-order valence-electron chi connectivity index (χ2n) is 7.51. The summed E-state index contributed by atoms with van der Waals surface area (Å²) in [6.45, 7) is 2.93. The molecule has 34 heavy (non-hydrogen) atoms. The number of hydrogen-bond donors (Lipinski definition) is 0. The SMILES string of the molecule is CCCN1C(=O)/C(=C/c2ccc(OCc3ccccc3Cl)c(Cl)c2)SC1=Nc1ccc(Cl)cc1. The second-order valence-corrected chi connectivity index (χ2v) is 9.77. The molecule has 0 unspecified atom stereocenters. The molecule has 0 saturated carbocycles. The minimum absolute atomic E-state index is 0.0743. The lowest BCUT2D eigenvalue weighted by atomic mass is 10.2. The van der Waals surface area contributed by atoms with Crippen LogP contribution in [0.15, 0.2) is 76.6 Å². The van der Waals surface area contributed by atoms with Crippen molar-refractivity contribution in [3.63, 3.8) is 0 Å². The monoisotopic (exact) mass is 530 g/mol. The van der Waals surface area contributed by atoms with Crippen molar-refractivity contribution in [2.75, 3.05) is 6.54 Å². The van der Waals surface area contributed by atoms with Crippen molar-refractivity contribution in [3.8, 4) is 5.75 Å². The maximum Gasteiger partial charge on any atom is 0.266 e. The highest BCUT2D eigenvalue weighted by molar-refractivity contribution is 8.18. The molecule has 0 radical (unpaired) electrons. The van der Waals surface area contributed by atoms with Crippen LogP contribution in [-0.4, -0.2) is 22.5 Å². The van der Waals surface area contributed by atoms with E-state index in [1.807, 2.05) is 55.5 Å². The molecular weight excluding hydrogens is 511 g/mol. The van der Waals surface area contributed by atoms with Gasteiger partial charge in [0.1, 0.15) is 12.4 Å². The molecule has 1 heterocycles. The van der Waals surface area contributed by atoms with Crippen LogP contribution in [0, 0.1) is 0 Å². The zero-order valence-electron chi connectivity index (χ0n) is 18.3. The molecule has 1 aliphatic rings. The number of nitrogens with zero attached hydrogens (tertiary/aromatic N) is 2. The van der Waals surface area contributed by atoms with E-state index in [2.05, 4.69) is 4.99 Å². The van der Waals surface area contributed by atoms with E-state index in [0.717, 1.165) is 23.2 Å². The van der Waals surface area contributed by atoms with Crippen molar-refractivity contribution in [1.29, 1.82) is 0 Å². The van der Waals surface area contributed by atoms with Crippen LogP contribution in [0.1, 0.15) is 24.5 Å². The Kier molecular flexibility index (Phi) is 8.22. The van der Waals surface area contributed by atoms with Crippen molar-refractivity contribution < 1.29 is 9.53 Å². The summed E-state index contributed by atoms with van der Waals surface area (Å²) in [5.74, 6) is 0.474. The first-order valence-corrected chi connectivity index (χ1v) is 12.6. The number of rotatable bonds is 7. The van der Waals surface area contributed by atoms with Crippen LogP contribution in [0.4, 0.5) is 5.69 Å². The average Bonchev–Trinajstić information content (AvgIpc) is 3.10. The third-order valence-electron chi connectivity index (χ3n) is 4.98. The van der Waals surface area contributed by atoms with Crippen LogP contribution in [0.25, 0.3) is 6.08 Å². The number of benzene rings is 3. The Bertz CT molecular complexity index is 1260. The van der Waals surface area contributed by atoms with E-state index in [0.29, 0.717) is 44.0 Å². The van der Waals surface area contributed by atoms with Crippen LogP contribution >= 0.6 is 46.6 Å². The largest absolute Gasteiger partial charge is 0.487 e. The highest BCUT2D eigenvalue weighted by atomic mass is 35.5. The summed E-state index contributed by atoms with van der Waals surface area (Å²) in [6.07, 6.45) is 2.65. The summed E-state index contributed by atoms with van der Waals surface area (Å²) in [6, 6.07) is 20.2. The molecule has 4 nitrogen and oxygen atoms in total. The normalized spacial score (nSPS) is 16.0. The average molecular weight is 532 g/mol. The molecule has 8 heteroatoms. The van der Waals surface area contributed by atoms with Gasteiger partial charge in [-0.05, 0) is 72.3 Å². The number of carbonyl (C=O) groups excluding carboxylic acids is 1. The van der Waals surface area contributed by atoms with Crippen molar-refractivity contribution >= 4 is 69.4 Å². The van der Waals surface area contributed by atoms with Crippen molar-refractivity contribution in [3.05, 3.63) is 97.8 Å². The highest BCUT2D eigenvalue weighted by Crippen LogP contribution is 2.36. The van der Waals surface area contributed by atoms with Crippen molar-refractivity contribution in [1.82, 2.24) is 4.90 Å². The summed E-state index contributed by atoms with van der Waals surface area (Å²) in [4.78, 5) is 20.0. The number of halogens is 3. The van der Waals surface area contributed by atoms with E-state index in [-0.39, 0.29) is 5.91 Å². The quantitative estimate of drug-likeness (QED) is 0.288. The number of aliphatic imine (C=N–C) groups is 1. The van der Waals surface area contributed by atoms with E-state index in [4.69, 9.17) is 39.5 Å². The molecule has 0 spiro atoms. The fourth-order valence-electron chi connectivity index (χ4n) is 3.28. The molecule has 0 bridgehead atoms. The van der Waals surface area contributed by atoms with Gasteiger partial charge < -0.3 is 4.74 Å². The molecule has 0 aromatic heterocycles. The van der Waals surface area contributed by atoms with Gasteiger partial charge in [-0.15, -0.1) is 0 Å². The molecule has 0 N–H and O–H groups in total. The Labute approximate surface area is 218 Å². The zero-order valence-corrected chi connectivity index (χ0v) is 21.4.